The van der Waals surface area contributed by atoms with Crippen molar-refractivity contribution in [1.29, 1.82) is 0 Å². The summed E-state index contributed by atoms with van der Waals surface area (Å²) in [5.74, 6) is 0. The molecule has 0 atom stereocenters. The first-order chi connectivity index (χ1) is 3.84. The van der Waals surface area contributed by atoms with Crippen LogP contribution in [0.1, 0.15) is 5.56 Å². The summed E-state index contributed by atoms with van der Waals surface area (Å²) in [5, 5.41) is 2.12. The van der Waals surface area contributed by atoms with E-state index in [0.717, 1.165) is 8.25 Å². The van der Waals surface area contributed by atoms with Crippen LogP contribution in [0.2, 0.25) is 0 Å². The minimum Gasteiger partial charge on any atom is -0.0869 e. The van der Waals surface area contributed by atoms with E-state index in [2.05, 4.69) is 28.0 Å². The van der Waals surface area contributed by atoms with Gasteiger partial charge in [0.05, 0.1) is 0 Å². The summed E-state index contributed by atoms with van der Waals surface area (Å²) in [6.07, 6.45) is 0. The van der Waals surface area contributed by atoms with Crippen LogP contribution in [0.5, 0.6) is 0 Å². The zero-order valence-electron chi connectivity index (χ0n) is 3.89. The Bertz CT molecular complexity index is 211. The van der Waals surface area contributed by atoms with Crippen molar-refractivity contribution in [3.05, 3.63) is 14.8 Å². The Labute approximate surface area is 74.1 Å². The summed E-state index contributed by atoms with van der Waals surface area (Å²) in [5.41, 5.74) is 1.32. The molecule has 0 unspecified atom stereocenters. The summed E-state index contributed by atoms with van der Waals surface area (Å²) < 4.78 is 2.11. The molecule has 0 nitrogen and oxygen atoms in total. The van der Waals surface area contributed by atoms with Crippen molar-refractivity contribution in [3.8, 4) is 0 Å². The molecular weight excluding hydrogens is 271 g/mol. The number of halogens is 1. The largest absolute Gasteiger partial charge is 0.105 e. The zero-order chi connectivity index (χ0) is 5.98. The van der Waals surface area contributed by atoms with Crippen molar-refractivity contribution < 1.29 is 0 Å². The second-order valence-electron chi connectivity index (χ2n) is 1.24. The van der Waals surface area contributed by atoms with Gasteiger partial charge in [0.15, 0.2) is 0 Å². The molecule has 0 N–H and O–H groups in total. The number of hydrogen-bond acceptors (Lipinski definition) is 3. The van der Waals surface area contributed by atoms with E-state index in [1.807, 2.05) is 0 Å². The third kappa shape index (κ3) is 1.49. The van der Waals surface area contributed by atoms with Gasteiger partial charge in [-0.3, -0.25) is 0 Å². The van der Waals surface area contributed by atoms with E-state index in [-0.39, 0.29) is 0 Å². The van der Waals surface area contributed by atoms with Gasteiger partial charge in [0.1, 0.15) is 3.82 Å². The van der Waals surface area contributed by atoms with Gasteiger partial charge in [-0.05, 0) is 0 Å². The van der Waals surface area contributed by atoms with E-state index in [4.69, 9.17) is 12.2 Å². The first-order valence-electron chi connectivity index (χ1n) is 1.97. The number of rotatable bonds is 1. The lowest BCUT2D eigenvalue weighted by Crippen LogP contribution is -1.64. The topological polar surface area (TPSA) is 0 Å². The fourth-order valence-corrected chi connectivity index (χ4v) is 4.13. The summed E-state index contributed by atoms with van der Waals surface area (Å²) in [6, 6.07) is 0. The fourth-order valence-electron chi connectivity index (χ4n) is 0.314. The number of hydrogen-bond donors (Lipinski definition) is 0. The molecule has 44 valence electrons. The molecule has 0 spiro atoms. The Hall–Kier alpha value is 1.00. The average Bonchev–Trinajstić information content (AvgIpc) is 2.14. The van der Waals surface area contributed by atoms with Crippen LogP contribution in [0.15, 0.2) is 5.38 Å². The van der Waals surface area contributed by atoms with Gasteiger partial charge < -0.3 is 0 Å². The maximum absolute atomic E-state index is 5.01. The van der Waals surface area contributed by atoms with E-state index >= 15 is 0 Å². The van der Waals surface area contributed by atoms with Crippen LogP contribution in [-0.2, 0) is 4.43 Å². The van der Waals surface area contributed by atoms with Crippen molar-refractivity contribution in [3.63, 3.8) is 0 Å². The van der Waals surface area contributed by atoms with E-state index in [0.29, 0.717) is 0 Å². The third-order valence-electron chi connectivity index (χ3n) is 0.720. The fraction of sp³-hybridized carbons (Fsp3) is 0.250. The number of alkyl halides is 1. The molecule has 1 aromatic heterocycles. The maximum Gasteiger partial charge on any atom is 0.105 e. The highest BCUT2D eigenvalue weighted by Crippen LogP contribution is 2.18. The smallest absolute Gasteiger partial charge is 0.0869 e. The molecule has 0 bridgehead atoms. The van der Waals surface area contributed by atoms with Crippen LogP contribution in [0.3, 0.4) is 0 Å². The lowest BCUT2D eigenvalue weighted by Gasteiger charge is -1.77. The molecule has 0 saturated heterocycles. The van der Waals surface area contributed by atoms with Crippen LogP contribution in [0, 0.1) is 3.82 Å². The van der Waals surface area contributed by atoms with Gasteiger partial charge in [-0.15, -0.1) is 0 Å². The van der Waals surface area contributed by atoms with Gasteiger partial charge in [-0.1, -0.05) is 55.5 Å². The predicted octanol–water partition coefficient (Wildman–Crippen LogP) is 3.47. The van der Waals surface area contributed by atoms with Crippen LogP contribution in [-0.4, -0.2) is 0 Å². The molecule has 4 heteroatoms. The van der Waals surface area contributed by atoms with E-state index in [1.165, 1.54) is 5.56 Å². The third-order valence-corrected chi connectivity index (χ3v) is 4.34. The second kappa shape index (κ2) is 3.24. The van der Waals surface area contributed by atoms with Gasteiger partial charge in [-0.2, -0.15) is 0 Å². The average molecular weight is 274 g/mol. The molecule has 0 aliphatic carbocycles. The molecule has 0 radical (unpaired) electrons. The van der Waals surface area contributed by atoms with Crippen LogP contribution in [0.25, 0.3) is 0 Å². The Morgan fingerprint density at radius 1 is 1.75 bits per heavy atom. The summed E-state index contributed by atoms with van der Waals surface area (Å²) >= 11 is 7.33. The van der Waals surface area contributed by atoms with Crippen molar-refractivity contribution in [1.82, 2.24) is 0 Å². The monoisotopic (exact) mass is 274 g/mol. The first kappa shape index (κ1) is 7.11. The summed E-state index contributed by atoms with van der Waals surface area (Å²) in [6.45, 7) is 0. The van der Waals surface area contributed by atoms with E-state index < -0.39 is 0 Å². The predicted molar refractivity (Wildman–Crippen MR) is 50.8 cm³/mol. The molecule has 0 aliphatic rings. The maximum atomic E-state index is 5.01. The molecule has 1 aromatic rings. The normalized spacial score (nSPS) is 9.62. The molecule has 0 aliphatic heterocycles. The Balaban J connectivity index is 3.11. The first-order valence-corrected chi connectivity index (χ1v) is 6.12. The highest BCUT2D eigenvalue weighted by Gasteiger charge is 1.91. The Morgan fingerprint density at radius 3 is 2.75 bits per heavy atom. The molecule has 1 heterocycles. The van der Waals surface area contributed by atoms with Crippen molar-refractivity contribution in [2.45, 2.75) is 4.43 Å². The van der Waals surface area contributed by atoms with Gasteiger partial charge in [0, 0.05) is 15.4 Å². The zero-order valence-corrected chi connectivity index (χ0v) is 8.49. The van der Waals surface area contributed by atoms with Crippen molar-refractivity contribution in [2.24, 2.45) is 0 Å². The van der Waals surface area contributed by atoms with E-state index in [1.54, 1.807) is 20.7 Å². The highest BCUT2D eigenvalue weighted by molar-refractivity contribution is 14.1. The minimum absolute atomic E-state index is 1.05. The van der Waals surface area contributed by atoms with Gasteiger partial charge >= 0.3 is 0 Å². The SMILES string of the molecule is S=c1sscc1CI. The quantitative estimate of drug-likeness (QED) is 0.327. The van der Waals surface area contributed by atoms with Crippen molar-refractivity contribution in [2.75, 3.05) is 0 Å². The molecular formula is C4H3IS3. The van der Waals surface area contributed by atoms with Gasteiger partial charge in [0.25, 0.3) is 0 Å². The molecule has 0 aromatic carbocycles. The van der Waals surface area contributed by atoms with Gasteiger partial charge in [0.2, 0.25) is 0 Å². The van der Waals surface area contributed by atoms with Crippen molar-refractivity contribution >= 4 is 55.5 Å². The second-order valence-corrected chi connectivity index (χ2v) is 4.75. The Kier molecular flexibility index (Phi) is 2.88. The Morgan fingerprint density at radius 2 is 2.50 bits per heavy atom. The lowest BCUT2D eigenvalue weighted by atomic mass is 10.5. The summed E-state index contributed by atoms with van der Waals surface area (Å²) in [7, 11) is 3.40. The lowest BCUT2D eigenvalue weighted by molar-refractivity contribution is 1.53. The van der Waals surface area contributed by atoms with Crippen LogP contribution in [0.4, 0.5) is 0 Å². The highest BCUT2D eigenvalue weighted by atomic mass is 127. The van der Waals surface area contributed by atoms with Gasteiger partial charge in [-0.25, -0.2) is 0 Å². The molecule has 1 rings (SSSR count). The minimum atomic E-state index is 1.05. The molecule has 0 amide bonds. The summed E-state index contributed by atoms with van der Waals surface area (Å²) in [4.78, 5) is 0. The van der Waals surface area contributed by atoms with E-state index in [9.17, 15) is 0 Å². The molecule has 8 heavy (non-hydrogen) atoms. The van der Waals surface area contributed by atoms with Crippen LogP contribution >= 0.6 is 55.5 Å². The standard InChI is InChI=1S/C4H3IS3/c5-1-3-2-7-8-4(3)6/h2H,1H2. The molecule has 0 saturated carbocycles. The molecule has 0 fully saturated rings. The van der Waals surface area contributed by atoms with Crippen LogP contribution < -0.4 is 0 Å².